The van der Waals surface area contributed by atoms with Gasteiger partial charge in [-0.05, 0) is 61.5 Å². The van der Waals surface area contributed by atoms with Crippen LogP contribution in [0.1, 0.15) is 15.9 Å². The van der Waals surface area contributed by atoms with Crippen molar-refractivity contribution in [2.75, 3.05) is 12.4 Å². The van der Waals surface area contributed by atoms with Gasteiger partial charge in [0.1, 0.15) is 11.6 Å². The summed E-state index contributed by atoms with van der Waals surface area (Å²) in [5.41, 5.74) is 3.64. The molecule has 0 aliphatic carbocycles. The summed E-state index contributed by atoms with van der Waals surface area (Å²) < 4.78 is 6.81. The lowest BCUT2D eigenvalue weighted by molar-refractivity contribution is 0.102. The number of benzene rings is 3. The first-order valence-corrected chi connectivity index (χ1v) is 10.3. The lowest BCUT2D eigenvalue weighted by Crippen LogP contribution is -2.15. The van der Waals surface area contributed by atoms with Gasteiger partial charge in [-0.2, -0.15) is 5.10 Å². The van der Waals surface area contributed by atoms with Gasteiger partial charge < -0.3 is 10.1 Å². The minimum absolute atomic E-state index is 0.246. The molecule has 4 rings (SSSR count). The van der Waals surface area contributed by atoms with Gasteiger partial charge >= 0.3 is 0 Å². The Morgan fingerprint density at radius 2 is 1.77 bits per heavy atom. The molecule has 0 fully saturated rings. The second kappa shape index (κ2) is 8.84. The van der Waals surface area contributed by atoms with Crippen molar-refractivity contribution in [3.63, 3.8) is 0 Å². The molecular weight excluding hydrogens is 433 g/mol. The molecule has 0 atom stereocenters. The van der Waals surface area contributed by atoms with Crippen molar-refractivity contribution in [2.45, 2.75) is 6.92 Å². The predicted octanol–water partition coefficient (Wildman–Crippen LogP) is 6.42. The Morgan fingerprint density at radius 1 is 1.00 bits per heavy atom. The molecular formula is C24H19Cl2N3O2. The summed E-state index contributed by atoms with van der Waals surface area (Å²) in [6, 6.07) is 21.8. The fourth-order valence-corrected chi connectivity index (χ4v) is 3.54. The van der Waals surface area contributed by atoms with E-state index in [1.54, 1.807) is 42.1 Å². The maximum Gasteiger partial charge on any atom is 0.256 e. The third-order valence-corrected chi connectivity index (χ3v) is 5.31. The van der Waals surface area contributed by atoms with Gasteiger partial charge in [0.15, 0.2) is 0 Å². The van der Waals surface area contributed by atoms with E-state index in [1.165, 1.54) is 0 Å². The van der Waals surface area contributed by atoms with Crippen LogP contribution in [-0.2, 0) is 0 Å². The first-order valence-electron chi connectivity index (χ1n) is 9.52. The molecule has 156 valence electrons. The lowest BCUT2D eigenvalue weighted by atomic mass is 10.1. The zero-order valence-corrected chi connectivity index (χ0v) is 18.4. The van der Waals surface area contributed by atoms with E-state index < -0.39 is 0 Å². The Bertz CT molecular complexity index is 1250. The fraction of sp³-hybridized carbons (Fsp3) is 0.0833. The molecule has 4 aromatic rings. The number of halogens is 2. The van der Waals surface area contributed by atoms with Crippen molar-refractivity contribution in [1.82, 2.24) is 9.78 Å². The Labute approximate surface area is 190 Å². The van der Waals surface area contributed by atoms with E-state index in [2.05, 4.69) is 5.32 Å². The summed E-state index contributed by atoms with van der Waals surface area (Å²) in [5, 5.41) is 8.61. The van der Waals surface area contributed by atoms with Crippen LogP contribution in [0.15, 0.2) is 72.8 Å². The number of ether oxygens (including phenoxy) is 1. The molecule has 0 aliphatic heterocycles. The molecule has 1 heterocycles. The van der Waals surface area contributed by atoms with E-state index >= 15 is 0 Å². The second-order valence-electron chi connectivity index (χ2n) is 6.97. The monoisotopic (exact) mass is 451 g/mol. The first-order chi connectivity index (χ1) is 14.9. The number of anilines is 1. The zero-order valence-electron chi connectivity index (χ0n) is 16.9. The standard InChI is InChI=1S/C24H19Cl2N3O2/c1-15-4-3-5-17(12-15)24(30)27-23-14-21(16-6-9-19(31-2)10-7-16)28-29(23)22-13-18(25)8-11-20(22)26/h3-14H,1-2H3,(H,27,30). The minimum atomic E-state index is -0.246. The smallest absolute Gasteiger partial charge is 0.256 e. The molecule has 0 aliphatic rings. The van der Waals surface area contributed by atoms with Crippen LogP contribution >= 0.6 is 23.2 Å². The van der Waals surface area contributed by atoms with Crippen molar-refractivity contribution in [3.05, 3.63) is 94.0 Å². The topological polar surface area (TPSA) is 56.1 Å². The molecule has 0 saturated heterocycles. The molecule has 5 nitrogen and oxygen atoms in total. The number of aryl methyl sites for hydroxylation is 1. The van der Waals surface area contributed by atoms with Crippen LogP contribution in [0.25, 0.3) is 16.9 Å². The van der Waals surface area contributed by atoms with E-state index in [1.807, 2.05) is 49.4 Å². The largest absolute Gasteiger partial charge is 0.497 e. The van der Waals surface area contributed by atoms with Gasteiger partial charge in [-0.3, -0.25) is 4.79 Å². The van der Waals surface area contributed by atoms with E-state index in [-0.39, 0.29) is 5.91 Å². The molecule has 3 aromatic carbocycles. The Hall–Kier alpha value is -3.28. The third-order valence-electron chi connectivity index (χ3n) is 4.75. The Kier molecular flexibility index (Phi) is 5.98. The maximum atomic E-state index is 12.9. The number of hydrogen-bond donors (Lipinski definition) is 1. The Balaban J connectivity index is 1.78. The van der Waals surface area contributed by atoms with Gasteiger partial charge in [-0.1, -0.05) is 40.9 Å². The third kappa shape index (κ3) is 4.58. The average Bonchev–Trinajstić information content (AvgIpc) is 3.19. The maximum absolute atomic E-state index is 12.9. The lowest BCUT2D eigenvalue weighted by Gasteiger charge is -2.11. The van der Waals surface area contributed by atoms with Crippen LogP contribution in [0.4, 0.5) is 5.82 Å². The number of aromatic nitrogens is 2. The molecule has 1 N–H and O–H groups in total. The summed E-state index contributed by atoms with van der Waals surface area (Å²) in [7, 11) is 1.61. The highest BCUT2D eigenvalue weighted by atomic mass is 35.5. The number of methoxy groups -OCH3 is 1. The summed E-state index contributed by atoms with van der Waals surface area (Å²) >= 11 is 12.6. The first kappa shape index (κ1) is 21.0. The predicted molar refractivity (Wildman–Crippen MR) is 125 cm³/mol. The Morgan fingerprint density at radius 3 is 2.48 bits per heavy atom. The molecule has 0 unspecified atom stereocenters. The van der Waals surface area contributed by atoms with Crippen molar-refractivity contribution in [2.24, 2.45) is 0 Å². The normalized spacial score (nSPS) is 10.7. The van der Waals surface area contributed by atoms with Crippen molar-refractivity contribution in [1.29, 1.82) is 0 Å². The van der Waals surface area contributed by atoms with E-state index in [0.717, 1.165) is 16.9 Å². The van der Waals surface area contributed by atoms with E-state index in [9.17, 15) is 4.79 Å². The van der Waals surface area contributed by atoms with Gasteiger partial charge in [0.05, 0.1) is 23.5 Å². The minimum Gasteiger partial charge on any atom is -0.497 e. The summed E-state index contributed by atoms with van der Waals surface area (Å²) in [4.78, 5) is 12.9. The number of nitrogens with zero attached hydrogens (tertiary/aromatic N) is 2. The molecule has 0 spiro atoms. The van der Waals surface area contributed by atoms with Crippen LogP contribution in [0.5, 0.6) is 5.75 Å². The van der Waals surface area contributed by atoms with Crippen LogP contribution < -0.4 is 10.1 Å². The number of carbonyl (C=O) groups excluding carboxylic acids is 1. The summed E-state index contributed by atoms with van der Waals surface area (Å²) in [6.45, 7) is 1.94. The molecule has 7 heteroatoms. The molecule has 1 amide bonds. The average molecular weight is 452 g/mol. The summed E-state index contributed by atoms with van der Waals surface area (Å²) in [6.07, 6.45) is 0. The van der Waals surface area contributed by atoms with Crippen LogP contribution in [-0.4, -0.2) is 22.8 Å². The van der Waals surface area contributed by atoms with Crippen LogP contribution in [0.2, 0.25) is 10.0 Å². The molecule has 31 heavy (non-hydrogen) atoms. The van der Waals surface area contributed by atoms with Gasteiger partial charge in [0.25, 0.3) is 5.91 Å². The highest BCUT2D eigenvalue weighted by molar-refractivity contribution is 6.34. The summed E-state index contributed by atoms with van der Waals surface area (Å²) in [5.74, 6) is 0.972. The molecule has 0 bridgehead atoms. The number of amides is 1. The number of hydrogen-bond acceptors (Lipinski definition) is 3. The number of rotatable bonds is 5. The SMILES string of the molecule is COc1ccc(-c2cc(NC(=O)c3cccc(C)c3)n(-c3cc(Cl)ccc3Cl)n2)cc1. The second-order valence-corrected chi connectivity index (χ2v) is 7.82. The number of carbonyl (C=O) groups is 1. The van der Waals surface area contributed by atoms with E-state index in [4.69, 9.17) is 33.0 Å². The van der Waals surface area contributed by atoms with Crippen molar-refractivity contribution >= 4 is 34.9 Å². The molecule has 1 aromatic heterocycles. The number of nitrogens with one attached hydrogen (secondary N) is 1. The van der Waals surface area contributed by atoms with E-state index in [0.29, 0.717) is 32.8 Å². The molecule has 0 saturated carbocycles. The van der Waals surface area contributed by atoms with Crippen molar-refractivity contribution < 1.29 is 9.53 Å². The van der Waals surface area contributed by atoms with Crippen LogP contribution in [0.3, 0.4) is 0 Å². The highest BCUT2D eigenvalue weighted by Crippen LogP contribution is 2.31. The van der Waals surface area contributed by atoms with Crippen molar-refractivity contribution in [3.8, 4) is 22.7 Å². The van der Waals surface area contributed by atoms with Gasteiger partial charge in [-0.15, -0.1) is 0 Å². The molecule has 0 radical (unpaired) electrons. The zero-order chi connectivity index (χ0) is 22.0. The van der Waals surface area contributed by atoms with Crippen LogP contribution in [0, 0.1) is 6.92 Å². The highest BCUT2D eigenvalue weighted by Gasteiger charge is 2.17. The van der Waals surface area contributed by atoms with Gasteiger partial charge in [0.2, 0.25) is 0 Å². The quantitative estimate of drug-likeness (QED) is 0.381. The van der Waals surface area contributed by atoms with Gasteiger partial charge in [-0.25, -0.2) is 4.68 Å². The van der Waals surface area contributed by atoms with Gasteiger partial charge in [0, 0.05) is 22.2 Å². The fourth-order valence-electron chi connectivity index (χ4n) is 3.18.